The molecule has 0 spiro atoms. The third-order valence-corrected chi connectivity index (χ3v) is 13.4. The number of unbranched alkanes of at least 4 members (excludes halogenated alkanes) is 2. The van der Waals surface area contributed by atoms with Crippen LogP contribution < -0.4 is 0 Å². The SMILES string of the molecule is CCCCc1ccc(CCc2cc3sc4cc5c(cc4c3s2)sc2cc(CCc3ccc(CCCC)cc3)sc25)cc1. The molecule has 0 aliphatic heterocycles. The average Bonchev–Trinajstić information content (AvgIpc) is 3.76. The van der Waals surface area contributed by atoms with Crippen LogP contribution in [0.1, 0.15) is 71.5 Å². The first-order valence-corrected chi connectivity index (χ1v) is 18.9. The Labute approximate surface area is 265 Å². The third kappa shape index (κ3) is 5.97. The molecular weight excluding hydrogens is 585 g/mol. The lowest BCUT2D eigenvalue weighted by Gasteiger charge is -2.03. The van der Waals surface area contributed by atoms with Crippen molar-refractivity contribution in [3.05, 3.63) is 105 Å². The molecule has 214 valence electrons. The van der Waals surface area contributed by atoms with Gasteiger partial charge in [-0.3, -0.25) is 0 Å². The predicted octanol–water partition coefficient (Wildman–Crippen LogP) is 12.8. The summed E-state index contributed by atoms with van der Waals surface area (Å²) in [6.45, 7) is 4.53. The topological polar surface area (TPSA) is 0 Å². The molecule has 0 saturated carbocycles. The van der Waals surface area contributed by atoms with Crippen LogP contribution in [0.4, 0.5) is 0 Å². The van der Waals surface area contributed by atoms with Gasteiger partial charge in [0.2, 0.25) is 0 Å². The van der Waals surface area contributed by atoms with E-state index < -0.39 is 0 Å². The molecule has 0 bridgehead atoms. The van der Waals surface area contributed by atoms with Crippen molar-refractivity contribution in [2.75, 3.05) is 0 Å². The van der Waals surface area contributed by atoms with Gasteiger partial charge in [0.1, 0.15) is 0 Å². The summed E-state index contributed by atoms with van der Waals surface area (Å²) in [6.07, 6.45) is 12.0. The van der Waals surface area contributed by atoms with E-state index in [0.29, 0.717) is 0 Å². The molecule has 0 unspecified atom stereocenters. The molecule has 0 saturated heterocycles. The molecular formula is C38H38S4. The Hall–Kier alpha value is -2.50. The van der Waals surface area contributed by atoms with Crippen LogP contribution in [-0.4, -0.2) is 0 Å². The van der Waals surface area contributed by atoms with E-state index in [2.05, 4.69) is 86.6 Å². The second kappa shape index (κ2) is 12.6. The summed E-state index contributed by atoms with van der Waals surface area (Å²) >= 11 is 7.99. The van der Waals surface area contributed by atoms with E-state index in [1.807, 2.05) is 45.3 Å². The lowest BCUT2D eigenvalue weighted by molar-refractivity contribution is 0.794. The first kappa shape index (κ1) is 28.3. The molecule has 4 aromatic heterocycles. The summed E-state index contributed by atoms with van der Waals surface area (Å²) in [4.78, 5) is 3.03. The van der Waals surface area contributed by atoms with Gasteiger partial charge >= 0.3 is 0 Å². The minimum Gasteiger partial charge on any atom is -0.139 e. The Bertz CT molecular complexity index is 1800. The van der Waals surface area contributed by atoms with Crippen LogP contribution in [0, 0.1) is 0 Å². The lowest BCUT2D eigenvalue weighted by Crippen LogP contribution is -1.90. The largest absolute Gasteiger partial charge is 0.139 e. The lowest BCUT2D eigenvalue weighted by atomic mass is 10.0. The number of fused-ring (bicyclic) bond motifs is 6. The minimum atomic E-state index is 1.12. The summed E-state index contributed by atoms with van der Waals surface area (Å²) in [6, 6.07) is 28.6. The van der Waals surface area contributed by atoms with Crippen molar-refractivity contribution in [2.45, 2.75) is 78.1 Å². The van der Waals surface area contributed by atoms with Crippen LogP contribution >= 0.6 is 45.3 Å². The molecule has 7 aromatic rings. The zero-order chi connectivity index (χ0) is 28.5. The monoisotopic (exact) mass is 622 g/mol. The van der Waals surface area contributed by atoms with Crippen molar-refractivity contribution in [2.24, 2.45) is 0 Å². The molecule has 0 atom stereocenters. The van der Waals surface area contributed by atoms with Crippen LogP contribution in [0.15, 0.2) is 72.8 Å². The second-order valence-corrected chi connectivity index (χ2v) is 16.1. The van der Waals surface area contributed by atoms with Gasteiger partial charge in [-0.25, -0.2) is 0 Å². The van der Waals surface area contributed by atoms with Crippen molar-refractivity contribution in [1.29, 1.82) is 0 Å². The molecule has 0 amide bonds. The molecule has 0 radical (unpaired) electrons. The van der Waals surface area contributed by atoms with Crippen molar-refractivity contribution >= 4 is 84.3 Å². The highest BCUT2D eigenvalue weighted by atomic mass is 32.1. The second-order valence-electron chi connectivity index (χ2n) is 11.7. The fourth-order valence-electron chi connectivity index (χ4n) is 5.98. The van der Waals surface area contributed by atoms with Crippen LogP contribution in [0.25, 0.3) is 39.0 Å². The van der Waals surface area contributed by atoms with Gasteiger partial charge in [-0.15, -0.1) is 45.3 Å². The van der Waals surface area contributed by atoms with Gasteiger partial charge in [0.15, 0.2) is 0 Å². The van der Waals surface area contributed by atoms with Gasteiger partial charge in [0.05, 0.1) is 9.40 Å². The summed E-state index contributed by atoms with van der Waals surface area (Å²) in [7, 11) is 0. The smallest absolute Gasteiger partial charge is 0.0532 e. The number of thiophene rings is 4. The van der Waals surface area contributed by atoms with E-state index in [4.69, 9.17) is 0 Å². The Balaban J connectivity index is 1.05. The first-order valence-electron chi connectivity index (χ1n) is 15.6. The molecule has 0 nitrogen and oxygen atoms in total. The average molecular weight is 623 g/mol. The van der Waals surface area contributed by atoms with Gasteiger partial charge in [0, 0.05) is 39.3 Å². The number of benzene rings is 3. The van der Waals surface area contributed by atoms with Crippen molar-refractivity contribution in [3.8, 4) is 0 Å². The quantitative estimate of drug-likeness (QED) is 0.127. The van der Waals surface area contributed by atoms with E-state index in [-0.39, 0.29) is 0 Å². The maximum Gasteiger partial charge on any atom is 0.0532 e. The Kier molecular flexibility index (Phi) is 8.50. The highest BCUT2D eigenvalue weighted by Crippen LogP contribution is 2.46. The normalized spacial score (nSPS) is 12.0. The first-order chi connectivity index (χ1) is 20.7. The Morgan fingerprint density at radius 2 is 0.786 bits per heavy atom. The van der Waals surface area contributed by atoms with Gasteiger partial charge in [-0.1, -0.05) is 75.2 Å². The van der Waals surface area contributed by atoms with E-state index in [1.165, 1.54) is 110 Å². The summed E-state index contributed by atoms with van der Waals surface area (Å²) in [5.74, 6) is 0. The fraction of sp³-hybridized carbons (Fsp3) is 0.316. The fourth-order valence-corrected chi connectivity index (χ4v) is 11.1. The van der Waals surface area contributed by atoms with E-state index >= 15 is 0 Å². The highest BCUT2D eigenvalue weighted by molar-refractivity contribution is 7.34. The zero-order valence-corrected chi connectivity index (χ0v) is 27.9. The third-order valence-electron chi connectivity index (χ3n) is 8.51. The van der Waals surface area contributed by atoms with E-state index in [0.717, 1.165) is 25.7 Å². The molecule has 0 N–H and O–H groups in total. The summed E-state index contributed by atoms with van der Waals surface area (Å²) in [5, 5.41) is 2.91. The number of hydrogen-bond acceptors (Lipinski definition) is 4. The molecule has 0 fully saturated rings. The Morgan fingerprint density at radius 1 is 0.405 bits per heavy atom. The molecule has 4 heteroatoms. The van der Waals surface area contributed by atoms with E-state index in [9.17, 15) is 0 Å². The molecule has 7 rings (SSSR count). The number of rotatable bonds is 12. The van der Waals surface area contributed by atoms with Gasteiger partial charge < -0.3 is 0 Å². The van der Waals surface area contributed by atoms with Crippen LogP contribution in [0.3, 0.4) is 0 Å². The number of aryl methyl sites for hydroxylation is 6. The van der Waals surface area contributed by atoms with Gasteiger partial charge in [0.25, 0.3) is 0 Å². The highest BCUT2D eigenvalue weighted by Gasteiger charge is 2.15. The van der Waals surface area contributed by atoms with Gasteiger partial charge in [-0.05, 0) is 97.9 Å². The van der Waals surface area contributed by atoms with Crippen molar-refractivity contribution < 1.29 is 0 Å². The zero-order valence-electron chi connectivity index (χ0n) is 24.6. The number of hydrogen-bond donors (Lipinski definition) is 0. The summed E-state index contributed by atoms with van der Waals surface area (Å²) < 4.78 is 8.77. The molecule has 0 aliphatic carbocycles. The maximum atomic E-state index is 2.48. The molecule has 42 heavy (non-hydrogen) atoms. The van der Waals surface area contributed by atoms with E-state index in [1.54, 1.807) is 0 Å². The standard InChI is InChI=1S/C38H38S4/c1-3-5-7-25-9-13-27(14-10-25)17-19-29-21-35-37(39-29)31-23-34-32(24-33(31)41-35)38-36(42-34)22-30(40-38)20-18-28-15-11-26(12-16-28)8-6-4-2/h9-16,21-24H,3-8,17-20H2,1-2H3. The van der Waals surface area contributed by atoms with Gasteiger partial charge in [-0.2, -0.15) is 0 Å². The van der Waals surface area contributed by atoms with Crippen LogP contribution in [0.5, 0.6) is 0 Å². The molecule has 3 aromatic carbocycles. The minimum absolute atomic E-state index is 1.12. The van der Waals surface area contributed by atoms with Crippen LogP contribution in [-0.2, 0) is 38.5 Å². The van der Waals surface area contributed by atoms with Crippen molar-refractivity contribution in [3.63, 3.8) is 0 Å². The predicted molar refractivity (Wildman–Crippen MR) is 193 cm³/mol. The maximum absolute atomic E-state index is 2.48. The molecule has 0 aliphatic rings. The molecule has 4 heterocycles. The summed E-state index contributed by atoms with van der Waals surface area (Å²) in [5.41, 5.74) is 5.86. The van der Waals surface area contributed by atoms with Crippen LogP contribution in [0.2, 0.25) is 0 Å². The van der Waals surface area contributed by atoms with Crippen molar-refractivity contribution in [1.82, 2.24) is 0 Å². The Morgan fingerprint density at radius 3 is 1.17 bits per heavy atom.